The summed E-state index contributed by atoms with van der Waals surface area (Å²) in [6.07, 6.45) is 0. The van der Waals surface area contributed by atoms with Crippen LogP contribution < -0.4 is 4.72 Å². The van der Waals surface area contributed by atoms with Gasteiger partial charge in [0.15, 0.2) is 5.28 Å². The van der Waals surface area contributed by atoms with Crippen LogP contribution in [-0.4, -0.2) is 27.4 Å². The maximum Gasteiger partial charge on any atom is 0.361 e. The zero-order valence-corrected chi connectivity index (χ0v) is 19.9. The van der Waals surface area contributed by atoms with Crippen LogP contribution in [0.25, 0.3) is 0 Å². The molecule has 7 nitrogen and oxygen atoms in total. The molecule has 0 spiro atoms. The molecule has 0 amide bonds. The van der Waals surface area contributed by atoms with E-state index in [4.69, 9.17) is 32.2 Å². The minimum atomic E-state index is -4.41. The minimum absolute atomic E-state index is 0.0270. The van der Waals surface area contributed by atoms with Gasteiger partial charge in [-0.2, -0.15) is 4.72 Å². The maximum atomic E-state index is 14.2. The lowest BCUT2D eigenvalue weighted by Crippen LogP contribution is -2.49. The minimum Gasteiger partial charge on any atom is -0.307 e. The topological polar surface area (TPSA) is 98.8 Å². The Hall–Kier alpha value is -1.51. The molecule has 1 atom stereocenters. The average Bonchev–Trinajstić information content (AvgIpc) is 2.76. The van der Waals surface area contributed by atoms with E-state index in [-0.39, 0.29) is 29.2 Å². The third-order valence-electron chi connectivity index (χ3n) is 4.62. The van der Waals surface area contributed by atoms with Gasteiger partial charge < -0.3 is 9.05 Å². The van der Waals surface area contributed by atoms with Gasteiger partial charge in [-0.05, 0) is 26.0 Å². The predicted molar refractivity (Wildman–Crippen MR) is 119 cm³/mol. The summed E-state index contributed by atoms with van der Waals surface area (Å²) in [6.45, 7) is 2.99. The van der Waals surface area contributed by atoms with Gasteiger partial charge in [-0.25, -0.2) is 8.42 Å². The molecule has 1 aliphatic rings. The van der Waals surface area contributed by atoms with Crippen molar-refractivity contribution in [1.29, 1.82) is 0 Å². The molecule has 0 bridgehead atoms. The number of halogens is 2. The summed E-state index contributed by atoms with van der Waals surface area (Å²) in [5.41, 5.74) is 0.0615. The van der Waals surface area contributed by atoms with E-state index in [1.54, 1.807) is 32.0 Å². The molecule has 3 rings (SSSR count). The van der Waals surface area contributed by atoms with Gasteiger partial charge in [0.1, 0.15) is 5.03 Å². The Balaban J connectivity index is 2.41. The van der Waals surface area contributed by atoms with Crippen molar-refractivity contribution in [3.8, 4) is 0 Å². The van der Waals surface area contributed by atoms with Gasteiger partial charge in [0.25, 0.3) is 0 Å². The Labute approximate surface area is 190 Å². The van der Waals surface area contributed by atoms with Crippen LogP contribution in [-0.2, 0) is 28.9 Å². The molecule has 0 saturated carbocycles. The van der Waals surface area contributed by atoms with E-state index in [0.29, 0.717) is 0 Å². The third-order valence-corrected chi connectivity index (χ3v) is 9.89. The number of hydrogen-bond donors (Lipinski definition) is 1. The van der Waals surface area contributed by atoms with E-state index in [1.165, 1.54) is 36.4 Å². The monoisotopic (exact) mass is 503 g/mol. The van der Waals surface area contributed by atoms with Crippen molar-refractivity contribution < 1.29 is 26.8 Å². The highest BCUT2D eigenvalue weighted by molar-refractivity contribution is 7.90. The largest absolute Gasteiger partial charge is 0.361 e. The fraction of sp³-hybridized carbons (Fsp3) is 0.250. The van der Waals surface area contributed by atoms with Gasteiger partial charge in [-0.3, -0.25) is 9.36 Å². The van der Waals surface area contributed by atoms with Crippen molar-refractivity contribution in [2.75, 3.05) is 13.2 Å². The predicted octanol–water partition coefficient (Wildman–Crippen LogP) is 4.97. The van der Waals surface area contributed by atoms with Crippen LogP contribution in [0.3, 0.4) is 0 Å². The number of nitrogens with one attached hydrogen (secondary N) is 1. The van der Waals surface area contributed by atoms with Gasteiger partial charge in [0.05, 0.1) is 23.1 Å². The lowest BCUT2D eigenvalue weighted by molar-refractivity contribution is 0.103. The Morgan fingerprint density at radius 2 is 1.52 bits per heavy atom. The number of carbonyl (C=O) groups excluding carboxylic acids is 1. The summed E-state index contributed by atoms with van der Waals surface area (Å²) in [5, 5.41) is -3.23. The first-order chi connectivity index (χ1) is 14.6. The molecule has 31 heavy (non-hydrogen) atoms. The first-order valence-corrected chi connectivity index (χ1v) is 13.1. The maximum absolute atomic E-state index is 14.2. The first kappa shape index (κ1) is 24.1. The van der Waals surface area contributed by atoms with E-state index in [1.807, 2.05) is 0 Å². The van der Waals surface area contributed by atoms with Gasteiger partial charge in [0.2, 0.25) is 15.8 Å². The molecule has 166 valence electrons. The van der Waals surface area contributed by atoms with Crippen LogP contribution in [0.4, 0.5) is 0 Å². The van der Waals surface area contributed by atoms with Crippen molar-refractivity contribution in [3.05, 3.63) is 75.8 Å². The number of Topliss-reactive ketones (excluding diaryl/α,β-unsaturated/α-hetero) is 1. The molecule has 1 unspecified atom stereocenters. The molecule has 2 aromatic rings. The lowest BCUT2D eigenvalue weighted by atomic mass is 9.91. The Bertz CT molecular complexity index is 1180. The first-order valence-electron chi connectivity index (χ1n) is 9.32. The Kier molecular flexibility index (Phi) is 7.13. The normalized spacial score (nSPS) is 19.4. The standard InChI is InChI=1S/C20H20Cl2NO6PS/c1-3-28-30(25,29-4-2)20(23-31(26,27)14-10-6-5-7-11-14)16-13-9-8-12-15(16)18(24)17(21)19(20)22/h5-13,23H,3-4H2,1-2H3. The van der Waals surface area contributed by atoms with E-state index < -0.39 is 38.7 Å². The lowest BCUT2D eigenvalue weighted by Gasteiger charge is -2.42. The Morgan fingerprint density at radius 3 is 2.10 bits per heavy atom. The molecule has 0 aliphatic heterocycles. The molecule has 0 radical (unpaired) electrons. The molecule has 0 aromatic heterocycles. The quantitative estimate of drug-likeness (QED) is 0.510. The van der Waals surface area contributed by atoms with Gasteiger partial charge in [-0.1, -0.05) is 65.7 Å². The van der Waals surface area contributed by atoms with Crippen LogP contribution in [0.5, 0.6) is 0 Å². The van der Waals surface area contributed by atoms with Crippen LogP contribution in [0.1, 0.15) is 29.8 Å². The van der Waals surface area contributed by atoms with Crippen LogP contribution >= 0.6 is 30.8 Å². The number of ketones is 1. The number of fused-ring (bicyclic) bond motifs is 1. The van der Waals surface area contributed by atoms with Crippen LogP contribution in [0.15, 0.2) is 69.6 Å². The second kappa shape index (κ2) is 9.16. The Morgan fingerprint density at radius 1 is 0.968 bits per heavy atom. The van der Waals surface area contributed by atoms with Gasteiger partial charge in [0, 0.05) is 11.1 Å². The second-order valence-corrected chi connectivity index (χ2v) is 11.1. The summed E-state index contributed by atoms with van der Waals surface area (Å²) in [6, 6.07) is 13.5. The molecule has 11 heteroatoms. The third kappa shape index (κ3) is 4.02. The summed E-state index contributed by atoms with van der Waals surface area (Å²) >= 11 is 12.8. The van der Waals surface area contributed by atoms with Crippen molar-refractivity contribution in [1.82, 2.24) is 4.72 Å². The number of rotatable bonds is 8. The highest BCUT2D eigenvalue weighted by Gasteiger charge is 2.61. The molecule has 0 fully saturated rings. The highest BCUT2D eigenvalue weighted by Crippen LogP contribution is 2.69. The van der Waals surface area contributed by atoms with Crippen molar-refractivity contribution in [2.45, 2.75) is 24.0 Å². The van der Waals surface area contributed by atoms with Crippen LogP contribution in [0.2, 0.25) is 0 Å². The average molecular weight is 504 g/mol. The highest BCUT2D eigenvalue weighted by atomic mass is 35.5. The van der Waals surface area contributed by atoms with E-state index in [0.717, 1.165) is 0 Å². The summed E-state index contributed by atoms with van der Waals surface area (Å²) in [4.78, 5) is 12.7. The summed E-state index contributed by atoms with van der Waals surface area (Å²) in [7, 11) is -8.74. The summed E-state index contributed by atoms with van der Waals surface area (Å²) < 4.78 is 54.3. The number of sulfonamides is 1. The van der Waals surface area contributed by atoms with Gasteiger partial charge >= 0.3 is 7.60 Å². The zero-order valence-electron chi connectivity index (χ0n) is 16.7. The molecular formula is C20H20Cl2NO6PS. The van der Waals surface area contributed by atoms with Gasteiger partial charge in [-0.15, -0.1) is 0 Å². The number of benzene rings is 2. The molecular weight excluding hydrogens is 484 g/mol. The summed E-state index contributed by atoms with van der Waals surface area (Å²) in [5.74, 6) is -0.628. The van der Waals surface area contributed by atoms with E-state index in [2.05, 4.69) is 4.72 Å². The fourth-order valence-electron chi connectivity index (χ4n) is 3.34. The SMILES string of the molecule is CCOP(=O)(OCC)C1(NS(=O)(=O)c2ccccc2)C(Cl)=C(Cl)C(=O)c2ccccc21. The van der Waals surface area contributed by atoms with Crippen molar-refractivity contribution in [2.24, 2.45) is 0 Å². The van der Waals surface area contributed by atoms with Crippen LogP contribution in [0, 0.1) is 0 Å². The second-order valence-electron chi connectivity index (χ2n) is 6.46. The number of allylic oxidation sites excluding steroid dienone is 1. The fourth-order valence-corrected chi connectivity index (χ4v) is 8.28. The molecule has 2 aromatic carbocycles. The molecule has 0 heterocycles. The molecule has 0 saturated heterocycles. The smallest absolute Gasteiger partial charge is 0.307 e. The van der Waals surface area contributed by atoms with Crippen molar-refractivity contribution >= 4 is 46.6 Å². The van der Waals surface area contributed by atoms with Crippen molar-refractivity contribution in [3.63, 3.8) is 0 Å². The van der Waals surface area contributed by atoms with E-state index in [9.17, 15) is 17.8 Å². The molecule has 1 aliphatic carbocycles. The number of hydrogen-bond acceptors (Lipinski definition) is 6. The zero-order chi connectivity index (χ0) is 22.9. The van der Waals surface area contributed by atoms with E-state index >= 15 is 0 Å². The number of carbonyl (C=O) groups is 1. The molecule has 1 N–H and O–H groups in total.